The summed E-state index contributed by atoms with van der Waals surface area (Å²) in [4.78, 5) is 12.8. The van der Waals surface area contributed by atoms with Crippen LogP contribution in [0.25, 0.3) is 22.4 Å². The minimum absolute atomic E-state index is 0.0880. The Hall–Kier alpha value is -2.95. The maximum atomic E-state index is 12.8. The van der Waals surface area contributed by atoms with E-state index in [1.54, 1.807) is 10.9 Å². The smallest absolute Gasteiger partial charge is 0.267 e. The van der Waals surface area contributed by atoms with Gasteiger partial charge in [0.15, 0.2) is 0 Å². The van der Waals surface area contributed by atoms with E-state index in [2.05, 4.69) is 10.2 Å². The van der Waals surface area contributed by atoms with Gasteiger partial charge in [-0.1, -0.05) is 29.8 Å². The van der Waals surface area contributed by atoms with E-state index < -0.39 is 0 Å². The molecule has 4 rings (SSSR count). The van der Waals surface area contributed by atoms with Crippen molar-refractivity contribution < 1.29 is 0 Å². The molecule has 0 saturated heterocycles. The maximum absolute atomic E-state index is 12.8. The molecular weight excluding hydrogens is 264 g/mol. The number of rotatable bonds is 1. The highest BCUT2D eigenvalue weighted by Crippen LogP contribution is 2.15. The van der Waals surface area contributed by atoms with Crippen LogP contribution in [0.4, 0.5) is 0 Å². The Kier molecular flexibility index (Phi) is 2.41. The molecule has 0 amide bonds. The maximum Gasteiger partial charge on any atom is 0.267 e. The van der Waals surface area contributed by atoms with Crippen molar-refractivity contribution >= 4 is 16.7 Å². The minimum atomic E-state index is -0.0880. The van der Waals surface area contributed by atoms with Gasteiger partial charge in [-0.05, 0) is 31.2 Å². The van der Waals surface area contributed by atoms with Gasteiger partial charge in [0, 0.05) is 0 Å². The molecule has 0 radical (unpaired) electrons. The van der Waals surface area contributed by atoms with E-state index in [0.717, 1.165) is 16.8 Å². The Labute approximate surface area is 120 Å². The summed E-state index contributed by atoms with van der Waals surface area (Å²) in [7, 11) is 0. The third-order valence-electron chi connectivity index (χ3n) is 3.62. The molecule has 5 heteroatoms. The van der Waals surface area contributed by atoms with Crippen molar-refractivity contribution in [2.45, 2.75) is 6.92 Å². The van der Waals surface area contributed by atoms with Crippen molar-refractivity contribution in [2.75, 3.05) is 0 Å². The zero-order valence-electron chi connectivity index (χ0n) is 11.4. The van der Waals surface area contributed by atoms with Crippen molar-refractivity contribution in [3.8, 4) is 5.69 Å². The van der Waals surface area contributed by atoms with Gasteiger partial charge in [0.2, 0.25) is 5.78 Å². The normalized spacial score (nSPS) is 11.3. The van der Waals surface area contributed by atoms with Crippen LogP contribution >= 0.6 is 0 Å². The van der Waals surface area contributed by atoms with Gasteiger partial charge in [0.1, 0.15) is 6.33 Å². The molecule has 0 spiro atoms. The number of aryl methyl sites for hydroxylation is 1. The predicted molar refractivity (Wildman–Crippen MR) is 80.8 cm³/mol. The van der Waals surface area contributed by atoms with E-state index in [-0.39, 0.29) is 5.56 Å². The van der Waals surface area contributed by atoms with Gasteiger partial charge in [0.05, 0.1) is 16.6 Å². The zero-order valence-corrected chi connectivity index (χ0v) is 11.4. The first kappa shape index (κ1) is 11.8. The lowest BCUT2D eigenvalue weighted by atomic mass is 10.2. The SMILES string of the molecule is Cc1ccc(-n2c(=O)c3ccccc3n3cnnc23)cc1. The summed E-state index contributed by atoms with van der Waals surface area (Å²) in [6.07, 6.45) is 1.63. The Morgan fingerprint density at radius 1 is 1.00 bits per heavy atom. The summed E-state index contributed by atoms with van der Waals surface area (Å²) < 4.78 is 3.42. The van der Waals surface area contributed by atoms with Crippen LogP contribution < -0.4 is 5.56 Å². The molecule has 0 bridgehead atoms. The number of fused-ring (bicyclic) bond motifs is 3. The second-order valence-corrected chi connectivity index (χ2v) is 4.99. The molecule has 2 heterocycles. The highest BCUT2D eigenvalue weighted by atomic mass is 16.1. The first-order valence-corrected chi connectivity index (χ1v) is 6.66. The predicted octanol–water partition coefficient (Wildman–Crippen LogP) is 2.34. The molecule has 0 N–H and O–H groups in total. The average Bonchev–Trinajstić information content (AvgIpc) is 2.99. The Balaban J connectivity index is 2.21. The summed E-state index contributed by atoms with van der Waals surface area (Å²) in [6, 6.07) is 15.3. The van der Waals surface area contributed by atoms with Crippen LogP contribution in [-0.4, -0.2) is 19.2 Å². The highest BCUT2D eigenvalue weighted by Gasteiger charge is 2.13. The summed E-state index contributed by atoms with van der Waals surface area (Å²) in [5.41, 5.74) is 2.65. The fraction of sp³-hybridized carbons (Fsp3) is 0.0625. The van der Waals surface area contributed by atoms with E-state index >= 15 is 0 Å². The monoisotopic (exact) mass is 276 g/mol. The zero-order chi connectivity index (χ0) is 14.4. The van der Waals surface area contributed by atoms with Crippen LogP contribution in [0.2, 0.25) is 0 Å². The van der Waals surface area contributed by atoms with E-state index in [1.165, 1.54) is 0 Å². The average molecular weight is 276 g/mol. The molecule has 2 aromatic carbocycles. The van der Waals surface area contributed by atoms with E-state index in [0.29, 0.717) is 11.2 Å². The molecule has 5 nitrogen and oxygen atoms in total. The fourth-order valence-corrected chi connectivity index (χ4v) is 2.55. The van der Waals surface area contributed by atoms with Crippen LogP contribution in [0.1, 0.15) is 5.56 Å². The Morgan fingerprint density at radius 3 is 2.57 bits per heavy atom. The van der Waals surface area contributed by atoms with Crippen LogP contribution in [-0.2, 0) is 0 Å². The number of aromatic nitrogens is 4. The molecule has 21 heavy (non-hydrogen) atoms. The van der Waals surface area contributed by atoms with Gasteiger partial charge >= 0.3 is 0 Å². The lowest BCUT2D eigenvalue weighted by Gasteiger charge is -2.10. The van der Waals surface area contributed by atoms with Gasteiger partial charge in [-0.3, -0.25) is 9.20 Å². The second kappa shape index (κ2) is 4.28. The third-order valence-corrected chi connectivity index (χ3v) is 3.62. The van der Waals surface area contributed by atoms with Crippen molar-refractivity contribution in [2.24, 2.45) is 0 Å². The van der Waals surface area contributed by atoms with E-state index in [1.807, 2.05) is 59.9 Å². The van der Waals surface area contributed by atoms with Crippen LogP contribution in [0.3, 0.4) is 0 Å². The summed E-state index contributed by atoms with van der Waals surface area (Å²) >= 11 is 0. The first-order valence-electron chi connectivity index (χ1n) is 6.66. The molecule has 0 saturated carbocycles. The van der Waals surface area contributed by atoms with Crippen LogP contribution in [0, 0.1) is 6.92 Å². The van der Waals surface area contributed by atoms with Gasteiger partial charge in [0.25, 0.3) is 5.56 Å². The first-order chi connectivity index (χ1) is 10.3. The van der Waals surface area contributed by atoms with Crippen molar-refractivity contribution in [1.29, 1.82) is 0 Å². The quantitative estimate of drug-likeness (QED) is 0.536. The number of para-hydroxylation sites is 1. The standard InChI is InChI=1S/C16H12N4O/c1-11-6-8-12(9-7-11)20-15(21)13-4-2-3-5-14(13)19-10-17-18-16(19)20/h2-10H,1H3. The van der Waals surface area contributed by atoms with Crippen molar-refractivity contribution in [3.05, 3.63) is 70.8 Å². The third kappa shape index (κ3) is 1.67. The molecule has 0 atom stereocenters. The fourth-order valence-electron chi connectivity index (χ4n) is 2.55. The Bertz CT molecular complexity index is 1010. The van der Waals surface area contributed by atoms with Gasteiger partial charge in [-0.15, -0.1) is 10.2 Å². The van der Waals surface area contributed by atoms with Gasteiger partial charge in [-0.25, -0.2) is 4.57 Å². The number of benzene rings is 2. The number of nitrogens with zero attached hydrogens (tertiary/aromatic N) is 4. The molecule has 102 valence electrons. The largest absolute Gasteiger partial charge is 0.268 e. The van der Waals surface area contributed by atoms with Crippen molar-refractivity contribution in [1.82, 2.24) is 19.2 Å². The molecule has 0 aliphatic carbocycles. The Morgan fingerprint density at radius 2 is 1.76 bits per heavy atom. The highest BCUT2D eigenvalue weighted by molar-refractivity contribution is 5.80. The number of hydrogen-bond acceptors (Lipinski definition) is 3. The van der Waals surface area contributed by atoms with Gasteiger partial charge < -0.3 is 0 Å². The molecule has 0 fully saturated rings. The van der Waals surface area contributed by atoms with Crippen molar-refractivity contribution in [3.63, 3.8) is 0 Å². The topological polar surface area (TPSA) is 52.2 Å². The molecule has 4 aromatic rings. The molecular formula is C16H12N4O. The van der Waals surface area contributed by atoms with Crippen LogP contribution in [0.5, 0.6) is 0 Å². The molecule has 0 unspecified atom stereocenters. The van der Waals surface area contributed by atoms with E-state index in [9.17, 15) is 4.79 Å². The molecule has 0 aliphatic rings. The lowest BCUT2D eigenvalue weighted by Crippen LogP contribution is -2.21. The lowest BCUT2D eigenvalue weighted by molar-refractivity contribution is 0.966. The summed E-state index contributed by atoms with van der Waals surface area (Å²) in [6.45, 7) is 2.01. The minimum Gasteiger partial charge on any atom is -0.268 e. The summed E-state index contributed by atoms with van der Waals surface area (Å²) in [5, 5.41) is 8.70. The molecule has 2 aromatic heterocycles. The van der Waals surface area contributed by atoms with Gasteiger partial charge in [-0.2, -0.15) is 0 Å². The summed E-state index contributed by atoms with van der Waals surface area (Å²) in [5.74, 6) is 0.516. The molecule has 0 aliphatic heterocycles. The van der Waals surface area contributed by atoms with E-state index in [4.69, 9.17) is 0 Å². The van der Waals surface area contributed by atoms with Crippen LogP contribution in [0.15, 0.2) is 59.7 Å². The second-order valence-electron chi connectivity index (χ2n) is 4.99. The number of hydrogen-bond donors (Lipinski definition) is 0.